The molecule has 3 N–H and O–H groups in total. The fourth-order valence-corrected chi connectivity index (χ4v) is 3.96. The quantitative estimate of drug-likeness (QED) is 0.716. The van der Waals surface area contributed by atoms with E-state index in [0.29, 0.717) is 5.39 Å². The summed E-state index contributed by atoms with van der Waals surface area (Å²) in [7, 11) is -0.429. The minimum Gasteiger partial charge on any atom is -0.480 e. The van der Waals surface area contributed by atoms with Gasteiger partial charge in [0.2, 0.25) is 10.0 Å². The van der Waals surface area contributed by atoms with Gasteiger partial charge in [0.15, 0.2) is 0 Å². The lowest BCUT2D eigenvalue weighted by Crippen LogP contribution is -2.47. The zero-order valence-electron chi connectivity index (χ0n) is 13.6. The summed E-state index contributed by atoms with van der Waals surface area (Å²) in [6, 6.07) is 8.44. The molecule has 2 rings (SSSR count). The third kappa shape index (κ3) is 3.50. The van der Waals surface area contributed by atoms with Crippen LogP contribution in [0.5, 0.6) is 0 Å². The van der Waals surface area contributed by atoms with Crippen LogP contribution >= 0.6 is 0 Å². The summed E-state index contributed by atoms with van der Waals surface area (Å²) in [5.74, 6) is -1.44. The lowest BCUT2D eigenvalue weighted by Gasteiger charge is -2.19. The van der Waals surface area contributed by atoms with Crippen LogP contribution in [-0.4, -0.2) is 50.8 Å². The Balaban J connectivity index is 2.59. The van der Waals surface area contributed by atoms with Crippen molar-refractivity contribution in [2.45, 2.75) is 24.0 Å². The van der Waals surface area contributed by atoms with E-state index in [1.807, 2.05) is 25.1 Å². The van der Waals surface area contributed by atoms with E-state index in [1.165, 1.54) is 13.0 Å². The second-order valence-electron chi connectivity index (χ2n) is 5.70. The number of benzene rings is 2. The number of aliphatic hydroxyl groups excluding tert-OH is 1. The van der Waals surface area contributed by atoms with Gasteiger partial charge in [0.25, 0.3) is 0 Å². The molecular weight excluding hydrogens is 332 g/mol. The van der Waals surface area contributed by atoms with Gasteiger partial charge in [-0.3, -0.25) is 4.79 Å². The molecule has 0 aromatic heterocycles. The number of nitrogens with zero attached hydrogens (tertiary/aromatic N) is 1. The molecule has 0 spiro atoms. The summed E-state index contributed by atoms with van der Waals surface area (Å²) < 4.78 is 27.4. The van der Waals surface area contributed by atoms with Crippen LogP contribution in [0, 0.1) is 0 Å². The van der Waals surface area contributed by atoms with Gasteiger partial charge in [0.05, 0.1) is 11.0 Å². The highest BCUT2D eigenvalue weighted by atomic mass is 32.2. The molecule has 24 heavy (non-hydrogen) atoms. The molecule has 0 fully saturated rings. The molecule has 0 heterocycles. The summed E-state index contributed by atoms with van der Waals surface area (Å²) in [6.07, 6.45) is -1.37. The summed E-state index contributed by atoms with van der Waals surface area (Å²) in [4.78, 5) is 13.0. The summed E-state index contributed by atoms with van der Waals surface area (Å²) in [5, 5.41) is 19.8. The van der Waals surface area contributed by atoms with E-state index in [1.54, 1.807) is 24.3 Å². The Hall–Kier alpha value is -2.16. The van der Waals surface area contributed by atoms with E-state index in [9.17, 15) is 18.3 Å². The molecule has 0 aliphatic carbocycles. The van der Waals surface area contributed by atoms with Gasteiger partial charge in [-0.1, -0.05) is 24.3 Å². The lowest BCUT2D eigenvalue weighted by molar-refractivity contribution is -0.141. The van der Waals surface area contributed by atoms with Crippen LogP contribution in [0.1, 0.15) is 6.92 Å². The number of rotatable bonds is 6. The van der Waals surface area contributed by atoms with Crippen molar-refractivity contribution in [2.75, 3.05) is 19.0 Å². The van der Waals surface area contributed by atoms with Gasteiger partial charge in [-0.05, 0) is 19.1 Å². The number of aliphatic hydroxyl groups is 1. The topological polar surface area (TPSA) is 107 Å². The number of carbonyl (C=O) groups is 1. The van der Waals surface area contributed by atoms with Crippen LogP contribution in [0.2, 0.25) is 0 Å². The number of hydrogen-bond acceptors (Lipinski definition) is 5. The van der Waals surface area contributed by atoms with Gasteiger partial charge in [-0.2, -0.15) is 4.72 Å². The van der Waals surface area contributed by atoms with E-state index in [0.717, 1.165) is 11.1 Å². The molecule has 0 radical (unpaired) electrons. The van der Waals surface area contributed by atoms with Crippen LogP contribution in [-0.2, 0) is 14.8 Å². The minimum absolute atomic E-state index is 0.0319. The van der Waals surface area contributed by atoms with E-state index < -0.39 is 28.1 Å². The highest BCUT2D eigenvalue weighted by Crippen LogP contribution is 2.30. The molecule has 2 aromatic rings. The maximum Gasteiger partial charge on any atom is 0.324 e. The Labute approximate surface area is 140 Å². The predicted octanol–water partition coefficient (Wildman–Crippen LogP) is 1.02. The molecule has 2 atom stereocenters. The van der Waals surface area contributed by atoms with Crippen LogP contribution in [0.4, 0.5) is 5.69 Å². The fraction of sp³-hybridized carbons (Fsp3) is 0.312. The van der Waals surface area contributed by atoms with Crippen LogP contribution < -0.4 is 9.62 Å². The first-order valence-corrected chi connectivity index (χ1v) is 8.75. The first-order valence-electron chi connectivity index (χ1n) is 7.27. The molecule has 130 valence electrons. The molecule has 0 saturated carbocycles. The predicted molar refractivity (Wildman–Crippen MR) is 91.7 cm³/mol. The van der Waals surface area contributed by atoms with E-state index in [4.69, 9.17) is 5.11 Å². The molecule has 0 bridgehead atoms. The van der Waals surface area contributed by atoms with Gasteiger partial charge >= 0.3 is 5.97 Å². The fourth-order valence-electron chi connectivity index (χ4n) is 2.47. The van der Waals surface area contributed by atoms with Crippen LogP contribution in [0.15, 0.2) is 41.3 Å². The Kier molecular flexibility index (Phi) is 5.12. The highest BCUT2D eigenvalue weighted by molar-refractivity contribution is 7.89. The largest absolute Gasteiger partial charge is 0.480 e. The number of carboxylic acids is 1. The zero-order chi connectivity index (χ0) is 18.1. The standard InChI is InChI=1S/C16H20N2O5S/c1-10(19)15(16(20)21)17-24(22,23)14-9-5-6-11-12(14)7-4-8-13(11)18(2)3/h4-10,15,17,19H,1-3H3,(H,20,21)/t10-,15-/m0/s1. The van der Waals surface area contributed by atoms with Crippen molar-refractivity contribution in [3.63, 3.8) is 0 Å². The Morgan fingerprint density at radius 2 is 1.71 bits per heavy atom. The molecule has 0 aliphatic heterocycles. The van der Waals surface area contributed by atoms with Crippen molar-refractivity contribution in [3.8, 4) is 0 Å². The van der Waals surface area contributed by atoms with E-state index >= 15 is 0 Å². The first kappa shape index (κ1) is 18.2. The molecule has 0 unspecified atom stereocenters. The van der Waals surface area contributed by atoms with Gasteiger partial charge in [-0.25, -0.2) is 8.42 Å². The number of carboxylic acid groups (broad SMARTS) is 1. The molecule has 0 saturated heterocycles. The number of anilines is 1. The van der Waals surface area contributed by atoms with Crippen molar-refractivity contribution in [1.82, 2.24) is 4.72 Å². The lowest BCUT2D eigenvalue weighted by atomic mass is 10.1. The van der Waals surface area contributed by atoms with Crippen LogP contribution in [0.3, 0.4) is 0 Å². The van der Waals surface area contributed by atoms with Crippen molar-refractivity contribution >= 4 is 32.5 Å². The highest BCUT2D eigenvalue weighted by Gasteiger charge is 2.30. The van der Waals surface area contributed by atoms with Crippen molar-refractivity contribution in [1.29, 1.82) is 0 Å². The Morgan fingerprint density at radius 1 is 1.12 bits per heavy atom. The smallest absolute Gasteiger partial charge is 0.324 e. The number of sulfonamides is 1. The number of hydrogen-bond donors (Lipinski definition) is 3. The number of fused-ring (bicyclic) bond motifs is 1. The molecule has 7 nitrogen and oxygen atoms in total. The number of nitrogens with one attached hydrogen (secondary N) is 1. The summed E-state index contributed by atoms with van der Waals surface area (Å²) in [5.41, 5.74) is 0.842. The molecule has 0 amide bonds. The van der Waals surface area contributed by atoms with Gasteiger partial charge in [0.1, 0.15) is 6.04 Å². The molecule has 8 heteroatoms. The molecule has 0 aliphatic rings. The monoisotopic (exact) mass is 352 g/mol. The zero-order valence-corrected chi connectivity index (χ0v) is 14.4. The van der Waals surface area contributed by atoms with E-state index in [2.05, 4.69) is 4.72 Å². The van der Waals surface area contributed by atoms with Crippen molar-refractivity contribution in [3.05, 3.63) is 36.4 Å². The molecule has 2 aromatic carbocycles. The summed E-state index contributed by atoms with van der Waals surface area (Å²) >= 11 is 0. The third-order valence-corrected chi connectivity index (χ3v) is 5.16. The SMILES string of the molecule is C[C@H](O)[C@H](NS(=O)(=O)c1cccc2c(N(C)C)cccc12)C(=O)O. The second-order valence-corrected chi connectivity index (χ2v) is 7.38. The van der Waals surface area contributed by atoms with Crippen LogP contribution in [0.25, 0.3) is 10.8 Å². The van der Waals surface area contributed by atoms with Gasteiger partial charge in [-0.15, -0.1) is 0 Å². The Morgan fingerprint density at radius 3 is 2.25 bits per heavy atom. The average molecular weight is 352 g/mol. The van der Waals surface area contributed by atoms with Gasteiger partial charge < -0.3 is 15.1 Å². The second kappa shape index (κ2) is 6.76. The maximum absolute atomic E-state index is 12.6. The van der Waals surface area contributed by atoms with E-state index in [-0.39, 0.29) is 4.90 Å². The maximum atomic E-state index is 12.6. The van der Waals surface area contributed by atoms with Crippen molar-refractivity contribution < 1.29 is 23.4 Å². The molecular formula is C16H20N2O5S. The normalized spacial score (nSPS) is 14.3. The first-order chi connectivity index (χ1) is 11.1. The minimum atomic E-state index is -4.13. The summed E-state index contributed by atoms with van der Waals surface area (Å²) in [6.45, 7) is 1.22. The average Bonchev–Trinajstić information content (AvgIpc) is 2.50. The number of aliphatic carboxylic acids is 1. The van der Waals surface area contributed by atoms with Crippen molar-refractivity contribution in [2.24, 2.45) is 0 Å². The Bertz CT molecular complexity index is 862. The third-order valence-electron chi connectivity index (χ3n) is 3.66. The van der Waals surface area contributed by atoms with Gasteiger partial charge in [0, 0.05) is 30.6 Å².